The molecule has 2 heterocycles. The maximum atomic E-state index is 11.9. The molecule has 0 aromatic carbocycles. The van der Waals surface area contributed by atoms with E-state index in [0.29, 0.717) is 10.8 Å². The van der Waals surface area contributed by atoms with Crippen LogP contribution in [0.1, 0.15) is 17.3 Å². The highest BCUT2D eigenvalue weighted by Gasteiger charge is 2.12. The summed E-state index contributed by atoms with van der Waals surface area (Å²) in [6, 6.07) is 3.28. The number of carbonyl (C=O) groups is 1. The number of pyridine rings is 1. The Kier molecular flexibility index (Phi) is 4.30. The van der Waals surface area contributed by atoms with Crippen molar-refractivity contribution in [3.63, 3.8) is 0 Å². The third-order valence-electron chi connectivity index (χ3n) is 2.24. The molecule has 6 nitrogen and oxygen atoms in total. The molecule has 0 saturated carbocycles. The van der Waals surface area contributed by atoms with E-state index >= 15 is 0 Å². The summed E-state index contributed by atoms with van der Waals surface area (Å²) in [6.45, 7) is 1.95. The van der Waals surface area contributed by atoms with Gasteiger partial charge in [-0.15, -0.1) is 0 Å². The first-order valence-corrected chi connectivity index (χ1v) is 6.62. The van der Waals surface area contributed by atoms with Crippen molar-refractivity contribution in [2.24, 2.45) is 0 Å². The number of nitrogens with one attached hydrogen (secondary N) is 2. The van der Waals surface area contributed by atoms with Gasteiger partial charge in [-0.2, -0.15) is 0 Å². The molecule has 0 aliphatic heterocycles. The Labute approximate surface area is 113 Å². The minimum atomic E-state index is -0.493. The highest BCUT2D eigenvalue weighted by Crippen LogP contribution is 2.10. The summed E-state index contributed by atoms with van der Waals surface area (Å²) in [5.41, 5.74) is 0.112. The zero-order chi connectivity index (χ0) is 13.7. The van der Waals surface area contributed by atoms with Crippen molar-refractivity contribution < 1.29 is 4.79 Å². The normalized spacial score (nSPS) is 10.2. The Morgan fingerprint density at radius 2 is 2.16 bits per heavy atom. The Morgan fingerprint density at radius 3 is 2.79 bits per heavy atom. The van der Waals surface area contributed by atoms with Crippen LogP contribution in [-0.4, -0.2) is 26.6 Å². The van der Waals surface area contributed by atoms with Gasteiger partial charge in [0.15, 0.2) is 5.16 Å². The number of aromatic amines is 1. The third-order valence-corrected chi connectivity index (χ3v) is 3.01. The molecule has 98 valence electrons. The van der Waals surface area contributed by atoms with Gasteiger partial charge in [-0.25, -0.2) is 4.98 Å². The number of hydrogen-bond donors (Lipinski definition) is 2. The van der Waals surface area contributed by atoms with E-state index in [-0.39, 0.29) is 5.56 Å². The fourth-order valence-electron chi connectivity index (χ4n) is 1.38. The van der Waals surface area contributed by atoms with Crippen LogP contribution in [0.2, 0.25) is 0 Å². The fraction of sp³-hybridized carbons (Fsp3) is 0.167. The van der Waals surface area contributed by atoms with E-state index in [1.807, 2.05) is 6.92 Å². The first-order chi connectivity index (χ1) is 9.20. The highest BCUT2D eigenvalue weighted by atomic mass is 32.2. The van der Waals surface area contributed by atoms with Crippen LogP contribution in [0.3, 0.4) is 0 Å². The van der Waals surface area contributed by atoms with Crippen LogP contribution in [0.15, 0.2) is 40.7 Å². The van der Waals surface area contributed by atoms with Gasteiger partial charge < -0.3 is 10.3 Å². The van der Waals surface area contributed by atoms with Gasteiger partial charge in [-0.05, 0) is 17.9 Å². The van der Waals surface area contributed by atoms with Crippen molar-refractivity contribution in [1.29, 1.82) is 0 Å². The molecule has 0 bridgehead atoms. The summed E-state index contributed by atoms with van der Waals surface area (Å²) >= 11 is 1.41. The standard InChI is InChI=1S/C12H12N4O2S/c1-2-19-12-14-7-9(11(18)16-12)10(17)15-8-3-5-13-6-4-8/h3-7H,2H2,1H3,(H,13,15,17)(H,14,16,18). The van der Waals surface area contributed by atoms with Gasteiger partial charge in [0, 0.05) is 24.3 Å². The van der Waals surface area contributed by atoms with Gasteiger partial charge in [0.05, 0.1) is 0 Å². The molecule has 1 amide bonds. The number of rotatable bonds is 4. The second-order valence-electron chi connectivity index (χ2n) is 3.55. The molecule has 0 fully saturated rings. The third kappa shape index (κ3) is 3.41. The van der Waals surface area contributed by atoms with E-state index in [0.717, 1.165) is 5.75 Å². The van der Waals surface area contributed by atoms with Crippen LogP contribution in [0.5, 0.6) is 0 Å². The second kappa shape index (κ2) is 6.14. The fourth-order valence-corrected chi connectivity index (χ4v) is 1.95. The Hall–Kier alpha value is -2.15. The zero-order valence-corrected chi connectivity index (χ0v) is 11.0. The van der Waals surface area contributed by atoms with E-state index in [1.54, 1.807) is 24.5 Å². The van der Waals surface area contributed by atoms with Gasteiger partial charge in [0.25, 0.3) is 11.5 Å². The van der Waals surface area contributed by atoms with Crippen LogP contribution < -0.4 is 10.9 Å². The lowest BCUT2D eigenvalue weighted by molar-refractivity contribution is 0.102. The minimum absolute atomic E-state index is 0.0164. The molecule has 0 radical (unpaired) electrons. The van der Waals surface area contributed by atoms with Gasteiger partial charge in [-0.1, -0.05) is 18.7 Å². The predicted molar refractivity (Wildman–Crippen MR) is 73.4 cm³/mol. The lowest BCUT2D eigenvalue weighted by Gasteiger charge is -2.04. The SMILES string of the molecule is CCSc1ncc(C(=O)Nc2ccncc2)c(=O)[nH]1. The maximum Gasteiger partial charge on any atom is 0.264 e. The van der Waals surface area contributed by atoms with E-state index in [9.17, 15) is 9.59 Å². The predicted octanol–water partition coefficient (Wildman–Crippen LogP) is 1.53. The summed E-state index contributed by atoms with van der Waals surface area (Å²) in [5.74, 6) is 0.305. The summed E-state index contributed by atoms with van der Waals surface area (Å²) < 4.78 is 0. The molecule has 0 spiro atoms. The monoisotopic (exact) mass is 276 g/mol. The van der Waals surface area contributed by atoms with Gasteiger partial charge in [-0.3, -0.25) is 14.6 Å². The number of H-pyrrole nitrogens is 1. The largest absolute Gasteiger partial charge is 0.322 e. The van der Waals surface area contributed by atoms with Crippen molar-refractivity contribution in [3.05, 3.63) is 46.6 Å². The molecule has 19 heavy (non-hydrogen) atoms. The van der Waals surface area contributed by atoms with Crippen LogP contribution in [-0.2, 0) is 0 Å². The van der Waals surface area contributed by atoms with E-state index in [1.165, 1.54) is 18.0 Å². The molecule has 2 aromatic heterocycles. The molecular formula is C12H12N4O2S. The maximum absolute atomic E-state index is 11.9. The average molecular weight is 276 g/mol. The molecular weight excluding hydrogens is 264 g/mol. The topological polar surface area (TPSA) is 87.7 Å². The van der Waals surface area contributed by atoms with Crippen molar-refractivity contribution in [2.45, 2.75) is 12.1 Å². The summed E-state index contributed by atoms with van der Waals surface area (Å²) in [6.07, 6.45) is 4.39. The summed E-state index contributed by atoms with van der Waals surface area (Å²) in [5, 5.41) is 3.11. The van der Waals surface area contributed by atoms with Crippen LogP contribution in [0.25, 0.3) is 0 Å². The molecule has 0 aliphatic carbocycles. The van der Waals surface area contributed by atoms with Crippen molar-refractivity contribution in [1.82, 2.24) is 15.0 Å². The number of thioether (sulfide) groups is 1. The first kappa shape index (κ1) is 13.3. The number of anilines is 1. The summed E-state index contributed by atoms with van der Waals surface area (Å²) in [7, 11) is 0. The second-order valence-corrected chi connectivity index (χ2v) is 4.81. The molecule has 0 aliphatic rings. The molecule has 2 aromatic rings. The number of hydrogen-bond acceptors (Lipinski definition) is 5. The van der Waals surface area contributed by atoms with Crippen LogP contribution in [0.4, 0.5) is 5.69 Å². The van der Waals surface area contributed by atoms with Crippen molar-refractivity contribution in [2.75, 3.05) is 11.1 Å². The summed E-state index contributed by atoms with van der Waals surface area (Å²) in [4.78, 5) is 34.1. The number of aromatic nitrogens is 3. The smallest absolute Gasteiger partial charge is 0.264 e. The van der Waals surface area contributed by atoms with Crippen LogP contribution >= 0.6 is 11.8 Å². The molecule has 7 heteroatoms. The number of nitrogens with zero attached hydrogens (tertiary/aromatic N) is 2. The lowest BCUT2D eigenvalue weighted by Crippen LogP contribution is -2.24. The Balaban J connectivity index is 2.18. The quantitative estimate of drug-likeness (QED) is 0.653. The minimum Gasteiger partial charge on any atom is -0.322 e. The molecule has 2 N–H and O–H groups in total. The average Bonchev–Trinajstić information content (AvgIpc) is 2.40. The lowest BCUT2D eigenvalue weighted by atomic mass is 10.3. The first-order valence-electron chi connectivity index (χ1n) is 5.64. The Morgan fingerprint density at radius 1 is 1.42 bits per heavy atom. The molecule has 2 rings (SSSR count). The number of amides is 1. The van der Waals surface area contributed by atoms with E-state index < -0.39 is 11.5 Å². The van der Waals surface area contributed by atoms with Gasteiger partial charge in [0.2, 0.25) is 0 Å². The van der Waals surface area contributed by atoms with E-state index in [2.05, 4.69) is 20.3 Å². The molecule has 0 atom stereocenters. The van der Waals surface area contributed by atoms with Gasteiger partial charge in [0.1, 0.15) is 5.56 Å². The Bertz CT molecular complexity index is 627. The number of carbonyl (C=O) groups excluding carboxylic acids is 1. The van der Waals surface area contributed by atoms with Crippen molar-refractivity contribution >= 4 is 23.4 Å². The van der Waals surface area contributed by atoms with Crippen molar-refractivity contribution in [3.8, 4) is 0 Å². The molecule has 0 saturated heterocycles. The zero-order valence-electron chi connectivity index (χ0n) is 10.2. The van der Waals surface area contributed by atoms with E-state index in [4.69, 9.17) is 0 Å². The van der Waals surface area contributed by atoms with Crippen LogP contribution in [0, 0.1) is 0 Å². The molecule has 0 unspecified atom stereocenters. The van der Waals surface area contributed by atoms with Gasteiger partial charge >= 0.3 is 0 Å². The highest BCUT2D eigenvalue weighted by molar-refractivity contribution is 7.99.